The molecule has 3 nitrogen and oxygen atoms in total. The normalized spacial score (nSPS) is 13.5. The van der Waals surface area contributed by atoms with E-state index in [4.69, 9.17) is 0 Å². The van der Waals surface area contributed by atoms with E-state index in [0.29, 0.717) is 0 Å². The number of aryl methyl sites for hydroxylation is 1. The Labute approximate surface area is 76.6 Å². The van der Waals surface area contributed by atoms with Crippen LogP contribution in [0, 0.1) is 6.92 Å². The van der Waals surface area contributed by atoms with Crippen molar-refractivity contribution in [2.24, 2.45) is 0 Å². The molecule has 0 bridgehead atoms. The second kappa shape index (κ2) is 2.85. The van der Waals surface area contributed by atoms with E-state index in [-0.39, 0.29) is 0 Å². The van der Waals surface area contributed by atoms with Crippen molar-refractivity contribution in [2.75, 3.05) is 0 Å². The first-order chi connectivity index (χ1) is 6.20. The Morgan fingerprint density at radius 1 is 1.46 bits per heavy atom. The van der Waals surface area contributed by atoms with Gasteiger partial charge in [0.05, 0.1) is 17.4 Å². The molecule has 0 aliphatic carbocycles. The van der Waals surface area contributed by atoms with Crippen molar-refractivity contribution < 1.29 is 5.11 Å². The van der Waals surface area contributed by atoms with Crippen LogP contribution in [0.1, 0.15) is 18.7 Å². The topological polar surface area (TPSA) is 38.0 Å². The maximum Gasteiger partial charge on any atom is 0.129 e. The van der Waals surface area contributed by atoms with E-state index in [1.165, 1.54) is 0 Å². The van der Waals surface area contributed by atoms with Crippen LogP contribution in [0.15, 0.2) is 24.5 Å². The zero-order valence-corrected chi connectivity index (χ0v) is 7.73. The van der Waals surface area contributed by atoms with E-state index >= 15 is 0 Å². The molecule has 0 fully saturated rings. The molecule has 1 aromatic carbocycles. The molecule has 3 heteroatoms. The molecule has 13 heavy (non-hydrogen) atoms. The van der Waals surface area contributed by atoms with Crippen LogP contribution in [0.25, 0.3) is 11.0 Å². The van der Waals surface area contributed by atoms with Gasteiger partial charge < -0.3 is 9.67 Å². The summed E-state index contributed by atoms with van der Waals surface area (Å²) in [5.41, 5.74) is 3.08. The van der Waals surface area contributed by atoms with E-state index in [0.717, 1.165) is 16.6 Å². The third kappa shape index (κ3) is 1.21. The lowest BCUT2D eigenvalue weighted by molar-refractivity contribution is 0.129. The smallest absolute Gasteiger partial charge is 0.129 e. The van der Waals surface area contributed by atoms with Crippen LogP contribution in [-0.4, -0.2) is 14.7 Å². The zero-order valence-electron chi connectivity index (χ0n) is 7.73. The van der Waals surface area contributed by atoms with E-state index in [1.54, 1.807) is 17.8 Å². The summed E-state index contributed by atoms with van der Waals surface area (Å²) in [6.07, 6.45) is 1.15. The van der Waals surface area contributed by atoms with Crippen molar-refractivity contribution >= 4 is 11.0 Å². The van der Waals surface area contributed by atoms with Gasteiger partial charge in [0.2, 0.25) is 0 Å². The number of nitrogens with zero attached hydrogens (tertiary/aromatic N) is 2. The summed E-state index contributed by atoms with van der Waals surface area (Å²) >= 11 is 0. The van der Waals surface area contributed by atoms with Crippen molar-refractivity contribution in [2.45, 2.75) is 20.1 Å². The van der Waals surface area contributed by atoms with Crippen molar-refractivity contribution in [3.8, 4) is 0 Å². The van der Waals surface area contributed by atoms with Crippen molar-refractivity contribution in [3.63, 3.8) is 0 Å². The first-order valence-corrected chi connectivity index (χ1v) is 4.30. The number of aliphatic hydroxyl groups excluding tert-OH is 1. The summed E-state index contributed by atoms with van der Waals surface area (Å²) < 4.78 is 1.75. The van der Waals surface area contributed by atoms with E-state index in [2.05, 4.69) is 4.98 Å². The molecule has 0 amide bonds. The third-order valence-corrected chi connectivity index (χ3v) is 2.21. The highest BCUT2D eigenvalue weighted by atomic mass is 16.3. The molecule has 1 N–H and O–H groups in total. The molecule has 68 valence electrons. The van der Waals surface area contributed by atoms with Gasteiger partial charge in [-0.05, 0) is 25.5 Å². The number of aliphatic hydroxyl groups is 1. The molecule has 1 aromatic heterocycles. The fourth-order valence-electron chi connectivity index (χ4n) is 1.50. The summed E-state index contributed by atoms with van der Waals surface area (Å²) in [4.78, 5) is 4.24. The fraction of sp³-hybridized carbons (Fsp3) is 0.300. The quantitative estimate of drug-likeness (QED) is 0.720. The maximum absolute atomic E-state index is 9.42. The Morgan fingerprint density at radius 3 is 2.92 bits per heavy atom. The number of benzene rings is 1. The second-order valence-corrected chi connectivity index (χ2v) is 3.23. The minimum Gasteiger partial charge on any atom is -0.374 e. The van der Waals surface area contributed by atoms with Crippen molar-refractivity contribution in [3.05, 3.63) is 30.1 Å². The highest BCUT2D eigenvalue weighted by molar-refractivity contribution is 5.78. The molecule has 2 rings (SSSR count). The zero-order chi connectivity index (χ0) is 9.42. The number of para-hydroxylation sites is 1. The molecular formula is C10H12N2O. The van der Waals surface area contributed by atoms with Gasteiger partial charge >= 0.3 is 0 Å². The van der Waals surface area contributed by atoms with E-state index in [1.807, 2.05) is 25.1 Å². The summed E-state index contributed by atoms with van der Waals surface area (Å²) in [6, 6.07) is 5.95. The minimum absolute atomic E-state index is 0.521. The summed E-state index contributed by atoms with van der Waals surface area (Å²) in [7, 11) is 0. The maximum atomic E-state index is 9.42. The van der Waals surface area contributed by atoms with E-state index < -0.39 is 6.23 Å². The fourth-order valence-corrected chi connectivity index (χ4v) is 1.50. The molecule has 1 atom stereocenters. The number of fused-ring (bicyclic) bond motifs is 1. The van der Waals surface area contributed by atoms with Gasteiger partial charge in [0, 0.05) is 0 Å². The van der Waals surface area contributed by atoms with Gasteiger partial charge in [-0.25, -0.2) is 4.98 Å². The molecular weight excluding hydrogens is 164 g/mol. The molecule has 0 spiro atoms. The number of aromatic nitrogens is 2. The number of hydrogen-bond acceptors (Lipinski definition) is 2. The number of rotatable bonds is 1. The highest BCUT2D eigenvalue weighted by Crippen LogP contribution is 2.18. The van der Waals surface area contributed by atoms with Gasteiger partial charge in [-0.15, -0.1) is 0 Å². The Hall–Kier alpha value is -1.35. The van der Waals surface area contributed by atoms with Gasteiger partial charge in [-0.1, -0.05) is 12.1 Å². The Balaban J connectivity index is 2.75. The van der Waals surface area contributed by atoms with Gasteiger partial charge in [-0.3, -0.25) is 0 Å². The predicted octanol–water partition coefficient (Wildman–Crippen LogP) is 1.86. The predicted molar refractivity (Wildman–Crippen MR) is 51.4 cm³/mol. The lowest BCUT2D eigenvalue weighted by Gasteiger charge is -2.06. The van der Waals surface area contributed by atoms with Crippen molar-refractivity contribution in [1.29, 1.82) is 0 Å². The van der Waals surface area contributed by atoms with Gasteiger partial charge in [0.15, 0.2) is 0 Å². The van der Waals surface area contributed by atoms with Crippen LogP contribution in [0.4, 0.5) is 0 Å². The standard InChI is InChI=1S/C10H12N2O/c1-7-4-3-5-9-10(7)11-6-12(9)8(2)13/h3-6,8,13H,1-2H3. The van der Waals surface area contributed by atoms with E-state index in [9.17, 15) is 5.11 Å². The SMILES string of the molecule is Cc1cccc2c1ncn2C(C)O. The third-order valence-electron chi connectivity index (χ3n) is 2.21. The van der Waals surface area contributed by atoms with Crippen LogP contribution in [0.2, 0.25) is 0 Å². The average Bonchev–Trinajstić information content (AvgIpc) is 2.48. The van der Waals surface area contributed by atoms with Crippen LogP contribution in [0.5, 0.6) is 0 Å². The van der Waals surface area contributed by atoms with Crippen molar-refractivity contribution in [1.82, 2.24) is 9.55 Å². The molecule has 1 heterocycles. The van der Waals surface area contributed by atoms with Gasteiger partial charge in [-0.2, -0.15) is 0 Å². The Morgan fingerprint density at radius 2 is 2.23 bits per heavy atom. The number of imidazole rings is 1. The monoisotopic (exact) mass is 176 g/mol. The second-order valence-electron chi connectivity index (χ2n) is 3.23. The average molecular weight is 176 g/mol. The molecule has 0 saturated carbocycles. The largest absolute Gasteiger partial charge is 0.374 e. The Kier molecular flexibility index (Phi) is 1.81. The van der Waals surface area contributed by atoms with Crippen LogP contribution < -0.4 is 0 Å². The summed E-state index contributed by atoms with van der Waals surface area (Å²) in [5.74, 6) is 0. The van der Waals surface area contributed by atoms with Crippen LogP contribution in [-0.2, 0) is 0 Å². The molecule has 2 aromatic rings. The molecule has 0 saturated heterocycles. The first kappa shape index (κ1) is 8.26. The summed E-state index contributed by atoms with van der Waals surface area (Å²) in [6.45, 7) is 3.74. The van der Waals surface area contributed by atoms with Gasteiger partial charge in [0.25, 0.3) is 0 Å². The molecule has 1 unspecified atom stereocenters. The van der Waals surface area contributed by atoms with Gasteiger partial charge in [0.1, 0.15) is 6.23 Å². The summed E-state index contributed by atoms with van der Waals surface area (Å²) in [5, 5.41) is 9.42. The highest BCUT2D eigenvalue weighted by Gasteiger charge is 2.06. The molecule has 0 radical (unpaired) electrons. The number of hydrogen-bond donors (Lipinski definition) is 1. The molecule has 0 aliphatic heterocycles. The van der Waals surface area contributed by atoms with Crippen LogP contribution >= 0.6 is 0 Å². The lowest BCUT2D eigenvalue weighted by atomic mass is 10.2. The van der Waals surface area contributed by atoms with Crippen LogP contribution in [0.3, 0.4) is 0 Å². The Bertz CT molecular complexity index is 431. The lowest BCUT2D eigenvalue weighted by Crippen LogP contribution is -2.01. The first-order valence-electron chi connectivity index (χ1n) is 4.30. The minimum atomic E-state index is -0.521. The molecule has 0 aliphatic rings.